The quantitative estimate of drug-likeness (QED) is 0.615. The monoisotopic (exact) mass is 179 g/mol. The second kappa shape index (κ2) is 3.35. The predicted octanol–water partition coefficient (Wildman–Crippen LogP) is 0.199. The molecule has 1 saturated heterocycles. The second-order valence-electron chi connectivity index (χ2n) is 2.68. The van der Waals surface area contributed by atoms with Gasteiger partial charge in [-0.2, -0.15) is 0 Å². The Hall–Kier alpha value is -0.710. The third-order valence-electron chi connectivity index (χ3n) is 1.82. The van der Waals surface area contributed by atoms with E-state index in [1.807, 2.05) is 0 Å². The van der Waals surface area contributed by atoms with Crippen molar-refractivity contribution in [1.82, 2.24) is 5.32 Å². The number of hydrogen-bond acceptors (Lipinski definition) is 3. The number of hydrogen-bond donors (Lipinski definition) is 1. The lowest BCUT2D eigenvalue weighted by atomic mass is 10.0. The van der Waals surface area contributed by atoms with Crippen molar-refractivity contribution in [2.75, 3.05) is 19.7 Å². The summed E-state index contributed by atoms with van der Waals surface area (Å²) in [6, 6.07) is 0. The molecule has 0 bridgehead atoms. The lowest BCUT2D eigenvalue weighted by molar-refractivity contribution is -0.159. The minimum atomic E-state index is -2.48. The van der Waals surface area contributed by atoms with Gasteiger partial charge >= 0.3 is 5.97 Å². The first-order chi connectivity index (χ1) is 5.61. The van der Waals surface area contributed by atoms with E-state index >= 15 is 0 Å². The molecule has 70 valence electrons. The summed E-state index contributed by atoms with van der Waals surface area (Å²) in [6.45, 7) is 1.19. The standard InChI is InChI=1S/C7H11F2NO2/c1-2-12-6(11)7(9)4-10-3-5(7)8/h5,10H,2-4H2,1H3. The Kier molecular flexibility index (Phi) is 2.62. The third-order valence-corrected chi connectivity index (χ3v) is 1.82. The molecule has 1 aliphatic rings. The minimum absolute atomic E-state index is 0.0667. The summed E-state index contributed by atoms with van der Waals surface area (Å²) in [5.41, 5.74) is -2.48. The van der Waals surface area contributed by atoms with Crippen LogP contribution in [0, 0.1) is 0 Å². The van der Waals surface area contributed by atoms with Crippen molar-refractivity contribution in [3.05, 3.63) is 0 Å². The van der Waals surface area contributed by atoms with Crippen LogP contribution in [0.1, 0.15) is 6.92 Å². The molecule has 0 aromatic heterocycles. The Labute approximate surface area is 69.1 Å². The molecule has 0 aromatic rings. The van der Waals surface area contributed by atoms with Gasteiger partial charge in [0.25, 0.3) is 5.67 Å². The zero-order valence-corrected chi connectivity index (χ0v) is 6.77. The fourth-order valence-electron chi connectivity index (χ4n) is 1.10. The van der Waals surface area contributed by atoms with Crippen molar-refractivity contribution in [3.63, 3.8) is 0 Å². The minimum Gasteiger partial charge on any atom is -0.464 e. The van der Waals surface area contributed by atoms with E-state index in [0.29, 0.717) is 0 Å². The van der Waals surface area contributed by atoms with E-state index in [9.17, 15) is 13.6 Å². The van der Waals surface area contributed by atoms with Crippen LogP contribution in [0.4, 0.5) is 8.78 Å². The molecule has 0 aliphatic carbocycles. The van der Waals surface area contributed by atoms with Crippen LogP contribution >= 0.6 is 0 Å². The largest absolute Gasteiger partial charge is 0.464 e. The van der Waals surface area contributed by atoms with Gasteiger partial charge in [0.15, 0.2) is 6.17 Å². The first-order valence-corrected chi connectivity index (χ1v) is 3.82. The Balaban J connectivity index is 2.63. The van der Waals surface area contributed by atoms with Crippen molar-refractivity contribution in [1.29, 1.82) is 0 Å². The highest BCUT2D eigenvalue weighted by molar-refractivity contribution is 5.81. The van der Waals surface area contributed by atoms with Crippen LogP contribution in [0.15, 0.2) is 0 Å². The van der Waals surface area contributed by atoms with Crippen molar-refractivity contribution in [2.45, 2.75) is 18.8 Å². The van der Waals surface area contributed by atoms with Crippen LogP contribution in [0.5, 0.6) is 0 Å². The van der Waals surface area contributed by atoms with Gasteiger partial charge in [-0.15, -0.1) is 0 Å². The maximum Gasteiger partial charge on any atom is 0.348 e. The number of rotatable bonds is 2. The Morgan fingerprint density at radius 2 is 2.50 bits per heavy atom. The zero-order valence-electron chi connectivity index (χ0n) is 6.77. The third kappa shape index (κ3) is 1.41. The summed E-state index contributed by atoms with van der Waals surface area (Å²) < 4.78 is 30.6. The average Bonchev–Trinajstić information content (AvgIpc) is 2.34. The predicted molar refractivity (Wildman–Crippen MR) is 38.2 cm³/mol. The topological polar surface area (TPSA) is 38.3 Å². The molecular formula is C7H11F2NO2. The van der Waals surface area contributed by atoms with Gasteiger partial charge in [-0.25, -0.2) is 13.6 Å². The normalized spacial score (nSPS) is 35.1. The van der Waals surface area contributed by atoms with Crippen LogP contribution in [-0.2, 0) is 9.53 Å². The van der Waals surface area contributed by atoms with Crippen molar-refractivity contribution >= 4 is 5.97 Å². The van der Waals surface area contributed by atoms with E-state index in [-0.39, 0.29) is 19.7 Å². The number of carbonyl (C=O) groups excluding carboxylic acids is 1. The van der Waals surface area contributed by atoms with E-state index in [1.54, 1.807) is 6.92 Å². The van der Waals surface area contributed by atoms with E-state index < -0.39 is 17.8 Å². The Morgan fingerprint density at radius 3 is 2.92 bits per heavy atom. The van der Waals surface area contributed by atoms with Crippen molar-refractivity contribution in [3.8, 4) is 0 Å². The molecule has 5 heteroatoms. The SMILES string of the molecule is CCOC(=O)C1(F)CNCC1F. The summed E-state index contributed by atoms with van der Waals surface area (Å²) in [5.74, 6) is -1.11. The fourth-order valence-corrected chi connectivity index (χ4v) is 1.10. The highest BCUT2D eigenvalue weighted by Crippen LogP contribution is 2.24. The molecule has 1 aliphatic heterocycles. The van der Waals surface area contributed by atoms with Gasteiger partial charge in [0.05, 0.1) is 6.61 Å². The molecule has 2 atom stereocenters. The maximum atomic E-state index is 13.4. The van der Waals surface area contributed by atoms with Crippen molar-refractivity contribution < 1.29 is 18.3 Å². The van der Waals surface area contributed by atoms with Gasteiger partial charge in [0.2, 0.25) is 0 Å². The molecule has 1 rings (SSSR count). The van der Waals surface area contributed by atoms with Crippen LogP contribution < -0.4 is 5.32 Å². The number of ether oxygens (including phenoxy) is 1. The van der Waals surface area contributed by atoms with Crippen molar-refractivity contribution in [2.24, 2.45) is 0 Å². The number of alkyl halides is 2. The highest BCUT2D eigenvalue weighted by atomic mass is 19.2. The van der Waals surface area contributed by atoms with Gasteiger partial charge in [0.1, 0.15) is 0 Å². The van der Waals surface area contributed by atoms with Crippen LogP contribution in [-0.4, -0.2) is 37.5 Å². The molecule has 1 heterocycles. The summed E-state index contributed by atoms with van der Waals surface area (Å²) in [5, 5.41) is 2.45. The smallest absolute Gasteiger partial charge is 0.348 e. The van der Waals surface area contributed by atoms with Gasteiger partial charge in [0, 0.05) is 13.1 Å². The Morgan fingerprint density at radius 1 is 1.83 bits per heavy atom. The molecule has 0 spiro atoms. The number of esters is 1. The molecule has 2 unspecified atom stereocenters. The molecule has 1 N–H and O–H groups in total. The lowest BCUT2D eigenvalue weighted by Crippen LogP contribution is -2.44. The van der Waals surface area contributed by atoms with Gasteiger partial charge in [-0.1, -0.05) is 0 Å². The zero-order chi connectivity index (χ0) is 9.19. The van der Waals surface area contributed by atoms with Gasteiger partial charge in [-0.05, 0) is 6.92 Å². The highest BCUT2D eigenvalue weighted by Gasteiger charge is 2.52. The average molecular weight is 179 g/mol. The number of nitrogens with one attached hydrogen (secondary N) is 1. The molecule has 0 aromatic carbocycles. The summed E-state index contributed by atoms with van der Waals surface area (Å²) in [6.07, 6.45) is -1.79. The first kappa shape index (κ1) is 9.38. The van der Waals surface area contributed by atoms with Gasteiger partial charge < -0.3 is 10.1 Å². The van der Waals surface area contributed by atoms with Gasteiger partial charge in [-0.3, -0.25) is 0 Å². The van der Waals surface area contributed by atoms with Crippen LogP contribution in [0.3, 0.4) is 0 Å². The fraction of sp³-hybridized carbons (Fsp3) is 0.857. The van der Waals surface area contributed by atoms with E-state index in [2.05, 4.69) is 10.1 Å². The first-order valence-electron chi connectivity index (χ1n) is 3.82. The number of carbonyl (C=O) groups is 1. The molecule has 0 amide bonds. The summed E-state index contributed by atoms with van der Waals surface area (Å²) in [7, 11) is 0. The molecular weight excluding hydrogens is 168 g/mol. The molecule has 3 nitrogen and oxygen atoms in total. The van der Waals surface area contributed by atoms with Crippen LogP contribution in [0.25, 0.3) is 0 Å². The summed E-state index contributed by atoms with van der Waals surface area (Å²) in [4.78, 5) is 10.9. The summed E-state index contributed by atoms with van der Waals surface area (Å²) >= 11 is 0. The second-order valence-corrected chi connectivity index (χ2v) is 2.68. The van der Waals surface area contributed by atoms with E-state index in [0.717, 1.165) is 0 Å². The van der Waals surface area contributed by atoms with E-state index in [4.69, 9.17) is 0 Å². The lowest BCUT2D eigenvalue weighted by Gasteiger charge is -2.18. The number of halogens is 2. The Bertz CT molecular complexity index is 188. The maximum absolute atomic E-state index is 13.4. The van der Waals surface area contributed by atoms with E-state index in [1.165, 1.54) is 0 Å². The molecule has 1 fully saturated rings. The van der Waals surface area contributed by atoms with Crippen LogP contribution in [0.2, 0.25) is 0 Å². The molecule has 12 heavy (non-hydrogen) atoms. The molecule has 0 saturated carbocycles. The molecule has 0 radical (unpaired) electrons.